The van der Waals surface area contributed by atoms with Gasteiger partial charge in [0.15, 0.2) is 5.17 Å². The molecule has 1 aliphatic heterocycles. The number of likely N-dealkylation sites (N-methyl/N-ethyl adjacent to an activating group) is 1. The quantitative estimate of drug-likeness (QED) is 0.371. The van der Waals surface area contributed by atoms with E-state index >= 15 is 0 Å². The molecule has 0 aromatic heterocycles. The molecule has 1 fully saturated rings. The Kier molecular flexibility index (Phi) is 7.22. The lowest BCUT2D eigenvalue weighted by molar-refractivity contribution is -0.121. The Morgan fingerprint density at radius 2 is 2.03 bits per heavy atom. The van der Waals surface area contributed by atoms with E-state index in [1.165, 1.54) is 11.8 Å². The van der Waals surface area contributed by atoms with Crippen LogP contribution in [0.1, 0.15) is 16.7 Å². The van der Waals surface area contributed by atoms with Crippen molar-refractivity contribution in [1.29, 1.82) is 0 Å². The van der Waals surface area contributed by atoms with Crippen LogP contribution in [0.2, 0.25) is 5.02 Å². The molecule has 0 atom stereocenters. The number of halogens is 2. The summed E-state index contributed by atoms with van der Waals surface area (Å²) in [5.41, 5.74) is 2.93. The number of amidine groups is 1. The predicted octanol–water partition coefficient (Wildman–Crippen LogP) is 5.94. The highest BCUT2D eigenvalue weighted by atomic mass is 79.9. The van der Waals surface area contributed by atoms with Crippen LogP contribution in [-0.4, -0.2) is 30.1 Å². The number of amides is 1. The van der Waals surface area contributed by atoms with Crippen molar-refractivity contribution in [2.24, 2.45) is 4.99 Å². The fraction of sp³-hybridized carbons (Fsp3) is 0.182. The number of hydrogen-bond donors (Lipinski definition) is 0. The molecule has 150 valence electrons. The summed E-state index contributed by atoms with van der Waals surface area (Å²) in [6.07, 6.45) is 4.36. The standard InChI is InChI=1S/C22H20BrClN2O2S/c1-4-5-16-10-15(12-19-21(27)26(3)22(25-2)29-19)11-18(23)20(16)28-13-14-6-8-17(24)9-7-14/h4,6-12H,1,5,13H2,2-3H3/b19-12-,25-22?. The predicted molar refractivity (Wildman–Crippen MR) is 126 cm³/mol. The SMILES string of the molecule is C=CCc1cc(/C=C2\SC(=NC)N(C)C2=O)cc(Br)c1OCc1ccc(Cl)cc1. The van der Waals surface area contributed by atoms with Crippen LogP contribution in [0.3, 0.4) is 0 Å². The number of aliphatic imine (C=N–C) groups is 1. The van der Waals surface area contributed by atoms with Gasteiger partial charge in [-0.05, 0) is 81.1 Å². The summed E-state index contributed by atoms with van der Waals surface area (Å²) in [5, 5.41) is 1.38. The lowest BCUT2D eigenvalue weighted by atomic mass is 10.1. The Balaban J connectivity index is 1.88. The second-order valence-corrected chi connectivity index (χ2v) is 8.68. The van der Waals surface area contributed by atoms with E-state index in [1.54, 1.807) is 19.0 Å². The average Bonchev–Trinajstić information content (AvgIpc) is 2.97. The number of rotatable bonds is 6. The molecular formula is C22H20BrClN2O2S. The number of ether oxygens (including phenoxy) is 1. The Bertz CT molecular complexity index is 1000. The summed E-state index contributed by atoms with van der Waals surface area (Å²) in [6.45, 7) is 4.28. The van der Waals surface area contributed by atoms with Gasteiger partial charge in [0.05, 0.1) is 9.38 Å². The third kappa shape index (κ3) is 5.13. The van der Waals surface area contributed by atoms with Crippen molar-refractivity contribution in [2.45, 2.75) is 13.0 Å². The van der Waals surface area contributed by atoms with Gasteiger partial charge in [0.25, 0.3) is 5.91 Å². The molecule has 1 heterocycles. The number of carbonyl (C=O) groups excluding carboxylic acids is 1. The normalized spacial score (nSPS) is 16.7. The van der Waals surface area contributed by atoms with Crippen LogP contribution >= 0.6 is 39.3 Å². The monoisotopic (exact) mass is 490 g/mol. The van der Waals surface area contributed by atoms with Crippen LogP contribution in [0.25, 0.3) is 6.08 Å². The Labute approximate surface area is 188 Å². The second-order valence-electron chi connectivity index (χ2n) is 6.38. The van der Waals surface area contributed by atoms with E-state index in [0.717, 1.165) is 26.9 Å². The fourth-order valence-corrected chi connectivity index (χ4v) is 4.55. The first kappa shape index (κ1) is 21.7. The highest BCUT2D eigenvalue weighted by Gasteiger charge is 2.29. The van der Waals surface area contributed by atoms with E-state index in [9.17, 15) is 4.79 Å². The van der Waals surface area contributed by atoms with E-state index < -0.39 is 0 Å². The van der Waals surface area contributed by atoms with Crippen molar-refractivity contribution in [1.82, 2.24) is 4.90 Å². The molecule has 4 nitrogen and oxygen atoms in total. The molecule has 0 N–H and O–H groups in total. The zero-order valence-corrected chi connectivity index (χ0v) is 19.3. The minimum Gasteiger partial charge on any atom is -0.487 e. The molecule has 2 aromatic rings. The summed E-state index contributed by atoms with van der Waals surface area (Å²) >= 11 is 10.9. The van der Waals surface area contributed by atoms with Gasteiger partial charge in [-0.2, -0.15) is 0 Å². The van der Waals surface area contributed by atoms with Gasteiger partial charge in [-0.1, -0.05) is 29.8 Å². The molecule has 0 radical (unpaired) electrons. The van der Waals surface area contributed by atoms with Crippen molar-refractivity contribution in [3.8, 4) is 5.75 Å². The molecule has 0 aliphatic carbocycles. The van der Waals surface area contributed by atoms with Crippen molar-refractivity contribution in [2.75, 3.05) is 14.1 Å². The first-order chi connectivity index (χ1) is 13.9. The number of carbonyl (C=O) groups is 1. The second kappa shape index (κ2) is 9.65. The smallest absolute Gasteiger partial charge is 0.266 e. The number of hydrogen-bond acceptors (Lipinski definition) is 4. The van der Waals surface area contributed by atoms with Crippen LogP contribution in [0.15, 0.2) is 63.4 Å². The van der Waals surface area contributed by atoms with E-state index in [2.05, 4.69) is 27.5 Å². The number of thioether (sulfide) groups is 1. The topological polar surface area (TPSA) is 41.9 Å². The molecule has 0 saturated carbocycles. The van der Waals surface area contributed by atoms with Crippen LogP contribution in [-0.2, 0) is 17.8 Å². The molecule has 0 spiro atoms. The Hall–Kier alpha value is -2.02. The van der Waals surface area contributed by atoms with Gasteiger partial charge >= 0.3 is 0 Å². The van der Waals surface area contributed by atoms with Gasteiger partial charge in [0.2, 0.25) is 0 Å². The van der Waals surface area contributed by atoms with Crippen molar-refractivity contribution >= 4 is 56.4 Å². The van der Waals surface area contributed by atoms with Gasteiger partial charge < -0.3 is 4.74 Å². The molecule has 3 rings (SSSR count). The van der Waals surface area contributed by atoms with Crippen molar-refractivity contribution < 1.29 is 9.53 Å². The van der Waals surface area contributed by atoms with Gasteiger partial charge in [-0.25, -0.2) is 0 Å². The molecule has 1 saturated heterocycles. The minimum atomic E-state index is -0.0555. The first-order valence-electron chi connectivity index (χ1n) is 8.88. The van der Waals surface area contributed by atoms with E-state index in [-0.39, 0.29) is 5.91 Å². The zero-order chi connectivity index (χ0) is 21.0. The number of benzene rings is 2. The van der Waals surface area contributed by atoms with Crippen LogP contribution < -0.4 is 4.74 Å². The summed E-state index contributed by atoms with van der Waals surface area (Å²) in [5.74, 6) is 0.709. The number of nitrogens with zero attached hydrogens (tertiary/aromatic N) is 2. The van der Waals surface area contributed by atoms with E-state index in [4.69, 9.17) is 16.3 Å². The molecule has 2 aromatic carbocycles. The average molecular weight is 492 g/mol. The third-order valence-electron chi connectivity index (χ3n) is 4.30. The minimum absolute atomic E-state index is 0.0555. The van der Waals surface area contributed by atoms with Crippen LogP contribution in [0, 0.1) is 0 Å². The van der Waals surface area contributed by atoms with E-state index in [1.807, 2.05) is 48.6 Å². The summed E-state index contributed by atoms with van der Waals surface area (Å²) in [6, 6.07) is 11.5. The van der Waals surface area contributed by atoms with Gasteiger partial charge in [-0.15, -0.1) is 6.58 Å². The molecule has 29 heavy (non-hydrogen) atoms. The van der Waals surface area contributed by atoms with Gasteiger partial charge in [-0.3, -0.25) is 14.7 Å². The summed E-state index contributed by atoms with van der Waals surface area (Å²) in [4.78, 5) is 18.8. The first-order valence-corrected chi connectivity index (χ1v) is 10.9. The lowest BCUT2D eigenvalue weighted by Gasteiger charge is -2.14. The van der Waals surface area contributed by atoms with Crippen molar-refractivity contribution in [3.63, 3.8) is 0 Å². The summed E-state index contributed by atoms with van der Waals surface area (Å²) in [7, 11) is 3.41. The highest BCUT2D eigenvalue weighted by molar-refractivity contribution is 9.10. The Morgan fingerprint density at radius 1 is 1.31 bits per heavy atom. The van der Waals surface area contributed by atoms with Crippen LogP contribution in [0.5, 0.6) is 5.75 Å². The molecule has 1 aliphatic rings. The maximum Gasteiger partial charge on any atom is 0.266 e. The summed E-state index contributed by atoms with van der Waals surface area (Å²) < 4.78 is 6.91. The molecule has 0 unspecified atom stereocenters. The maximum absolute atomic E-state index is 12.4. The maximum atomic E-state index is 12.4. The Morgan fingerprint density at radius 3 is 2.66 bits per heavy atom. The van der Waals surface area contributed by atoms with E-state index in [0.29, 0.717) is 28.1 Å². The van der Waals surface area contributed by atoms with Gasteiger partial charge in [0.1, 0.15) is 12.4 Å². The third-order valence-corrected chi connectivity index (χ3v) is 6.29. The molecule has 1 amide bonds. The number of allylic oxidation sites excluding steroid dienone is 1. The molecule has 0 bridgehead atoms. The fourth-order valence-electron chi connectivity index (χ4n) is 2.86. The van der Waals surface area contributed by atoms with Gasteiger partial charge in [0, 0.05) is 19.1 Å². The lowest BCUT2D eigenvalue weighted by Crippen LogP contribution is -2.23. The largest absolute Gasteiger partial charge is 0.487 e. The highest BCUT2D eigenvalue weighted by Crippen LogP contribution is 2.36. The zero-order valence-electron chi connectivity index (χ0n) is 16.1. The van der Waals surface area contributed by atoms with Crippen molar-refractivity contribution in [3.05, 3.63) is 80.1 Å². The molecule has 7 heteroatoms. The molecular weight excluding hydrogens is 472 g/mol. The van der Waals surface area contributed by atoms with Crippen LogP contribution in [0.4, 0.5) is 0 Å².